The molecule has 0 spiro atoms. The molecule has 0 aliphatic rings. The molecule has 10 heavy (non-hydrogen) atoms. The highest BCUT2D eigenvalue weighted by Gasteiger charge is 2.19. The Morgan fingerprint density at radius 2 is 1.80 bits per heavy atom. The second-order valence-corrected chi connectivity index (χ2v) is 6.74. The van der Waals surface area contributed by atoms with E-state index in [1.54, 1.807) is 0 Å². The van der Waals surface area contributed by atoms with E-state index in [1.165, 1.54) is 0 Å². The van der Waals surface area contributed by atoms with Crippen LogP contribution in [0.25, 0.3) is 0 Å². The van der Waals surface area contributed by atoms with Gasteiger partial charge in [-0.05, 0) is 12.1 Å². The van der Waals surface area contributed by atoms with Crippen molar-refractivity contribution in [3.63, 3.8) is 0 Å². The summed E-state index contributed by atoms with van der Waals surface area (Å²) in [5.41, 5.74) is 0. The summed E-state index contributed by atoms with van der Waals surface area (Å²) >= 11 is 0. The first-order valence-corrected chi connectivity index (χ1v) is 6.87. The highest BCUT2D eigenvalue weighted by Crippen LogP contribution is 2.37. The van der Waals surface area contributed by atoms with Crippen LogP contribution >= 0.6 is 7.82 Å². The molecule has 0 aliphatic heterocycles. The zero-order chi connectivity index (χ0) is 8.20. The smallest absolute Gasteiger partial charge is 0.333 e. The topological polar surface area (TPSA) is 66.8 Å². The molecule has 0 aliphatic carbocycles. The molecular weight excluding hydrogens is 171 g/mol. The summed E-state index contributed by atoms with van der Waals surface area (Å²) in [6, 6.07) is 1.53. The third-order valence-electron chi connectivity index (χ3n) is 1.20. The van der Waals surface area contributed by atoms with Gasteiger partial charge in [0.25, 0.3) is 0 Å². The van der Waals surface area contributed by atoms with Gasteiger partial charge in [-0.2, -0.15) is 0 Å². The van der Waals surface area contributed by atoms with Crippen LogP contribution in [-0.4, -0.2) is 18.8 Å². The molecule has 0 aromatic carbocycles. The molecule has 0 atom stereocenters. The summed E-state index contributed by atoms with van der Waals surface area (Å²) in [6.45, 7) is 3.77. The van der Waals surface area contributed by atoms with E-state index in [9.17, 15) is 4.57 Å². The van der Waals surface area contributed by atoms with E-state index in [-0.39, 0.29) is 0 Å². The SMILES string of the molecule is CC[SiH](CC)OP(=O)(O)O. The molecule has 6 heteroatoms. The number of hydrogen-bond donors (Lipinski definition) is 2. The average Bonchev–Trinajstić information content (AvgIpc) is 1.81. The number of phosphoric acid groups is 1. The molecule has 0 unspecified atom stereocenters. The molecule has 0 heterocycles. The molecule has 0 aromatic rings. The van der Waals surface area contributed by atoms with E-state index in [0.717, 1.165) is 12.1 Å². The van der Waals surface area contributed by atoms with Gasteiger partial charge in [-0.3, -0.25) is 0 Å². The van der Waals surface area contributed by atoms with Crippen molar-refractivity contribution < 1.29 is 18.6 Å². The number of rotatable bonds is 4. The largest absolute Gasteiger partial charge is 0.459 e. The maximum absolute atomic E-state index is 10.3. The van der Waals surface area contributed by atoms with E-state index >= 15 is 0 Å². The van der Waals surface area contributed by atoms with E-state index in [4.69, 9.17) is 9.79 Å². The van der Waals surface area contributed by atoms with Gasteiger partial charge >= 0.3 is 7.82 Å². The molecule has 0 rings (SSSR count). The minimum absolute atomic E-state index is 0.765. The standard InChI is InChI=1S/C4H13O4PSi/c1-3-10(4-2)8-9(5,6)7/h10H,3-4H2,1-2H3,(H2,5,6,7). The second kappa shape index (κ2) is 4.26. The van der Waals surface area contributed by atoms with Crippen LogP contribution in [0.5, 0.6) is 0 Å². The third kappa shape index (κ3) is 5.14. The van der Waals surface area contributed by atoms with Crippen molar-refractivity contribution in [2.24, 2.45) is 0 Å². The van der Waals surface area contributed by atoms with Crippen LogP contribution in [0, 0.1) is 0 Å². The van der Waals surface area contributed by atoms with Crippen LogP contribution in [0.3, 0.4) is 0 Å². The van der Waals surface area contributed by atoms with Gasteiger partial charge in [0.2, 0.25) is 0 Å². The molecular formula is C4H13O4PSi. The Balaban J connectivity index is 3.75. The molecule has 0 aromatic heterocycles. The minimum atomic E-state index is -4.19. The first kappa shape index (κ1) is 10.3. The van der Waals surface area contributed by atoms with Gasteiger partial charge in [0.05, 0.1) is 0 Å². The Labute approximate surface area is 62.2 Å². The van der Waals surface area contributed by atoms with E-state index in [1.807, 2.05) is 13.8 Å². The van der Waals surface area contributed by atoms with Gasteiger partial charge in [-0.15, -0.1) is 0 Å². The van der Waals surface area contributed by atoms with Crippen molar-refractivity contribution in [3.8, 4) is 0 Å². The highest BCUT2D eigenvalue weighted by molar-refractivity contribution is 7.47. The highest BCUT2D eigenvalue weighted by atomic mass is 31.2. The molecule has 2 N–H and O–H groups in total. The fourth-order valence-electron chi connectivity index (χ4n) is 0.632. The van der Waals surface area contributed by atoms with E-state index in [2.05, 4.69) is 4.21 Å². The molecule has 0 saturated carbocycles. The van der Waals surface area contributed by atoms with Crippen molar-refractivity contribution >= 4 is 16.9 Å². The molecule has 0 fully saturated rings. The van der Waals surface area contributed by atoms with Gasteiger partial charge in [0.1, 0.15) is 0 Å². The van der Waals surface area contributed by atoms with E-state index < -0.39 is 16.9 Å². The van der Waals surface area contributed by atoms with Crippen LogP contribution < -0.4 is 0 Å². The maximum Gasteiger partial charge on any atom is 0.459 e. The Bertz CT molecular complexity index is 129. The lowest BCUT2D eigenvalue weighted by atomic mass is 11.0. The Morgan fingerprint density at radius 1 is 1.40 bits per heavy atom. The van der Waals surface area contributed by atoms with Crippen molar-refractivity contribution in [3.05, 3.63) is 0 Å². The summed E-state index contributed by atoms with van der Waals surface area (Å²) in [5.74, 6) is 0. The van der Waals surface area contributed by atoms with Crippen LogP contribution in [0.1, 0.15) is 13.8 Å². The van der Waals surface area contributed by atoms with Crippen LogP contribution in [0.15, 0.2) is 0 Å². The first-order chi connectivity index (χ1) is 4.49. The molecule has 0 saturated heterocycles. The van der Waals surface area contributed by atoms with Crippen LogP contribution in [-0.2, 0) is 8.78 Å². The Hall–Kier alpha value is 0.327. The summed E-state index contributed by atoms with van der Waals surface area (Å²) in [7, 11) is -5.77. The summed E-state index contributed by atoms with van der Waals surface area (Å²) in [6.07, 6.45) is 0. The molecule has 0 amide bonds. The molecule has 0 radical (unpaired) electrons. The van der Waals surface area contributed by atoms with Gasteiger partial charge in [0, 0.05) is 0 Å². The van der Waals surface area contributed by atoms with Crippen molar-refractivity contribution in [2.45, 2.75) is 25.9 Å². The lowest BCUT2D eigenvalue weighted by molar-refractivity contribution is 0.283. The fourth-order valence-corrected chi connectivity index (χ4v) is 3.96. The molecule has 62 valence electrons. The van der Waals surface area contributed by atoms with Crippen molar-refractivity contribution in [1.82, 2.24) is 0 Å². The fraction of sp³-hybridized carbons (Fsp3) is 1.00. The Kier molecular flexibility index (Phi) is 4.40. The lowest BCUT2D eigenvalue weighted by Crippen LogP contribution is -2.12. The second-order valence-electron chi connectivity index (χ2n) is 2.03. The number of hydrogen-bond acceptors (Lipinski definition) is 2. The quantitative estimate of drug-likeness (QED) is 0.502. The first-order valence-electron chi connectivity index (χ1n) is 3.23. The monoisotopic (exact) mass is 184 g/mol. The zero-order valence-electron chi connectivity index (χ0n) is 6.15. The van der Waals surface area contributed by atoms with Crippen LogP contribution in [0.4, 0.5) is 0 Å². The molecule has 0 bridgehead atoms. The average molecular weight is 184 g/mol. The van der Waals surface area contributed by atoms with Gasteiger partial charge < -0.3 is 14.0 Å². The van der Waals surface area contributed by atoms with Crippen molar-refractivity contribution in [2.75, 3.05) is 0 Å². The van der Waals surface area contributed by atoms with Crippen molar-refractivity contribution in [1.29, 1.82) is 0 Å². The zero-order valence-corrected chi connectivity index (χ0v) is 8.20. The maximum atomic E-state index is 10.3. The lowest BCUT2D eigenvalue weighted by Gasteiger charge is -2.11. The van der Waals surface area contributed by atoms with E-state index in [0.29, 0.717) is 0 Å². The Morgan fingerprint density at radius 3 is 1.90 bits per heavy atom. The third-order valence-corrected chi connectivity index (χ3v) is 5.31. The summed E-state index contributed by atoms with van der Waals surface area (Å²) in [5, 5.41) is 0. The normalized spacial score (nSPS) is 12.5. The summed E-state index contributed by atoms with van der Waals surface area (Å²) in [4.78, 5) is 16.7. The summed E-state index contributed by atoms with van der Waals surface area (Å²) < 4.78 is 14.8. The molecule has 4 nitrogen and oxygen atoms in total. The predicted octanol–water partition coefficient (Wildman–Crippen LogP) is 0.859. The van der Waals surface area contributed by atoms with Gasteiger partial charge in [-0.25, -0.2) is 4.57 Å². The van der Waals surface area contributed by atoms with Crippen LogP contribution in [0.2, 0.25) is 12.1 Å². The predicted molar refractivity (Wildman–Crippen MR) is 41.2 cm³/mol. The van der Waals surface area contributed by atoms with Gasteiger partial charge in [0.15, 0.2) is 9.04 Å². The minimum Gasteiger partial charge on any atom is -0.333 e. The van der Waals surface area contributed by atoms with Gasteiger partial charge in [-0.1, -0.05) is 13.8 Å².